The van der Waals surface area contributed by atoms with Crippen molar-refractivity contribution in [2.75, 3.05) is 24.3 Å². The fourth-order valence-electron chi connectivity index (χ4n) is 2.09. The third kappa shape index (κ3) is 9.17. The molecule has 0 spiro atoms. The molecular weight excluding hydrogens is 302 g/mol. The van der Waals surface area contributed by atoms with Crippen molar-refractivity contribution in [3.8, 4) is 0 Å². The van der Waals surface area contributed by atoms with E-state index in [1.54, 1.807) is 0 Å². The lowest BCUT2D eigenvalue weighted by atomic mass is 10.2. The molecular formula is C16H27NO2S2. The molecule has 0 bridgehead atoms. The molecule has 1 rings (SSSR count). The minimum absolute atomic E-state index is 0.284. The van der Waals surface area contributed by atoms with Gasteiger partial charge in [0.25, 0.3) is 0 Å². The largest absolute Gasteiger partial charge is 0.313 e. The van der Waals surface area contributed by atoms with E-state index in [2.05, 4.69) is 43.4 Å². The van der Waals surface area contributed by atoms with E-state index in [0.717, 1.165) is 31.6 Å². The molecule has 1 atom stereocenters. The van der Waals surface area contributed by atoms with Crippen LogP contribution in [-0.4, -0.2) is 38.8 Å². The molecule has 21 heavy (non-hydrogen) atoms. The molecule has 0 fully saturated rings. The van der Waals surface area contributed by atoms with Gasteiger partial charge >= 0.3 is 0 Å². The van der Waals surface area contributed by atoms with Gasteiger partial charge in [-0.25, -0.2) is 8.42 Å². The third-order valence-corrected chi connectivity index (χ3v) is 5.38. The molecule has 5 heteroatoms. The first-order valence-corrected chi connectivity index (χ1v) is 10.6. The summed E-state index contributed by atoms with van der Waals surface area (Å²) >= 11 is 1.84. The van der Waals surface area contributed by atoms with Crippen molar-refractivity contribution in [1.82, 2.24) is 5.32 Å². The molecule has 120 valence electrons. The third-order valence-electron chi connectivity index (χ3n) is 3.19. The van der Waals surface area contributed by atoms with Gasteiger partial charge in [-0.1, -0.05) is 24.6 Å². The van der Waals surface area contributed by atoms with Crippen LogP contribution < -0.4 is 5.32 Å². The van der Waals surface area contributed by atoms with E-state index in [9.17, 15) is 8.42 Å². The number of benzene rings is 1. The van der Waals surface area contributed by atoms with E-state index in [1.165, 1.54) is 16.7 Å². The van der Waals surface area contributed by atoms with Crippen molar-refractivity contribution in [3.05, 3.63) is 29.8 Å². The van der Waals surface area contributed by atoms with Crippen molar-refractivity contribution in [3.63, 3.8) is 0 Å². The van der Waals surface area contributed by atoms with Gasteiger partial charge < -0.3 is 5.32 Å². The minimum atomic E-state index is -2.85. The lowest BCUT2D eigenvalue weighted by Crippen LogP contribution is -2.32. The molecule has 1 N–H and O–H groups in total. The van der Waals surface area contributed by atoms with E-state index in [4.69, 9.17) is 0 Å². The first kappa shape index (κ1) is 18.5. The molecule has 3 nitrogen and oxygen atoms in total. The van der Waals surface area contributed by atoms with E-state index in [-0.39, 0.29) is 5.75 Å². The Morgan fingerprint density at radius 1 is 1.33 bits per heavy atom. The highest BCUT2D eigenvalue weighted by atomic mass is 32.2. The van der Waals surface area contributed by atoms with Gasteiger partial charge in [-0.15, -0.1) is 11.8 Å². The first-order chi connectivity index (χ1) is 9.90. The van der Waals surface area contributed by atoms with Crippen LogP contribution in [0, 0.1) is 6.92 Å². The van der Waals surface area contributed by atoms with Crippen molar-refractivity contribution in [2.24, 2.45) is 0 Å². The zero-order valence-electron chi connectivity index (χ0n) is 13.3. The van der Waals surface area contributed by atoms with Crippen molar-refractivity contribution in [2.45, 2.75) is 44.0 Å². The number of sulfone groups is 1. The van der Waals surface area contributed by atoms with Crippen molar-refractivity contribution < 1.29 is 8.42 Å². The summed E-state index contributed by atoms with van der Waals surface area (Å²) in [5.74, 6) is 1.26. The number of nitrogens with one attached hydrogen (secondary N) is 1. The van der Waals surface area contributed by atoms with Gasteiger partial charge in [-0.05, 0) is 44.9 Å². The topological polar surface area (TPSA) is 46.2 Å². The maximum atomic E-state index is 11.2. The predicted molar refractivity (Wildman–Crippen MR) is 92.9 cm³/mol. The van der Waals surface area contributed by atoms with Crippen LogP contribution in [0.5, 0.6) is 0 Å². The van der Waals surface area contributed by atoms with Crippen LogP contribution in [0.4, 0.5) is 0 Å². The van der Waals surface area contributed by atoms with E-state index in [1.807, 2.05) is 11.8 Å². The Labute approximate surface area is 133 Å². The predicted octanol–water partition coefficient (Wildman–Crippen LogP) is 3.28. The van der Waals surface area contributed by atoms with Gasteiger partial charge in [0.2, 0.25) is 0 Å². The van der Waals surface area contributed by atoms with Gasteiger partial charge in [0.1, 0.15) is 9.84 Å². The highest BCUT2D eigenvalue weighted by Gasteiger charge is 2.10. The minimum Gasteiger partial charge on any atom is -0.313 e. The van der Waals surface area contributed by atoms with Gasteiger partial charge in [-0.3, -0.25) is 0 Å². The molecule has 0 saturated heterocycles. The standard InChI is InChI=1S/C16H27NO2S2/c1-4-10-17-15(8-6-11-21(3,18)19)13-20-16-9-5-7-14(2)12-16/h5,7,9,12,15,17H,4,6,8,10-11,13H2,1-3H3. The summed E-state index contributed by atoms with van der Waals surface area (Å²) in [6.45, 7) is 5.23. The Morgan fingerprint density at radius 3 is 2.71 bits per heavy atom. The fourth-order valence-corrected chi connectivity index (χ4v) is 3.90. The Morgan fingerprint density at radius 2 is 2.10 bits per heavy atom. The second-order valence-electron chi connectivity index (χ2n) is 5.55. The SMILES string of the molecule is CCCNC(CCCS(C)(=O)=O)CSc1cccc(C)c1. The summed E-state index contributed by atoms with van der Waals surface area (Å²) in [5.41, 5.74) is 1.27. The second kappa shape index (κ2) is 9.49. The van der Waals surface area contributed by atoms with Crippen LogP contribution in [-0.2, 0) is 9.84 Å². The lowest BCUT2D eigenvalue weighted by molar-refractivity contribution is 0.512. The monoisotopic (exact) mass is 329 g/mol. The molecule has 1 aromatic rings. The van der Waals surface area contributed by atoms with Gasteiger partial charge in [0.05, 0.1) is 0 Å². The Bertz CT molecular complexity index is 515. The zero-order valence-corrected chi connectivity index (χ0v) is 14.9. The quantitative estimate of drug-likeness (QED) is 0.669. The molecule has 0 aliphatic rings. The highest BCUT2D eigenvalue weighted by molar-refractivity contribution is 7.99. The summed E-state index contributed by atoms with van der Waals surface area (Å²) < 4.78 is 22.4. The Balaban J connectivity index is 2.45. The molecule has 0 heterocycles. The van der Waals surface area contributed by atoms with Gasteiger partial charge in [0.15, 0.2) is 0 Å². The highest BCUT2D eigenvalue weighted by Crippen LogP contribution is 2.21. The van der Waals surface area contributed by atoms with Crippen molar-refractivity contribution >= 4 is 21.6 Å². The molecule has 0 aromatic heterocycles. The number of aryl methyl sites for hydroxylation is 1. The maximum absolute atomic E-state index is 11.2. The van der Waals surface area contributed by atoms with Crippen LogP contribution in [0.15, 0.2) is 29.2 Å². The fraction of sp³-hybridized carbons (Fsp3) is 0.625. The number of hydrogen-bond donors (Lipinski definition) is 1. The molecule has 0 radical (unpaired) electrons. The Hall–Kier alpha value is -0.520. The summed E-state index contributed by atoms with van der Waals surface area (Å²) in [4.78, 5) is 1.28. The number of thioether (sulfide) groups is 1. The molecule has 0 saturated carbocycles. The lowest BCUT2D eigenvalue weighted by Gasteiger charge is -2.18. The second-order valence-corrected chi connectivity index (χ2v) is 8.90. The Kier molecular flexibility index (Phi) is 8.37. The maximum Gasteiger partial charge on any atom is 0.147 e. The summed E-state index contributed by atoms with van der Waals surface area (Å²) in [6.07, 6.45) is 4.04. The van der Waals surface area contributed by atoms with Crippen LogP contribution >= 0.6 is 11.8 Å². The average molecular weight is 330 g/mol. The summed E-state index contributed by atoms with van der Waals surface area (Å²) in [6, 6.07) is 8.87. The average Bonchev–Trinajstić information content (AvgIpc) is 2.40. The smallest absolute Gasteiger partial charge is 0.147 e. The van der Waals surface area contributed by atoms with E-state index in [0.29, 0.717) is 6.04 Å². The zero-order chi connectivity index (χ0) is 15.7. The molecule has 1 aromatic carbocycles. The van der Waals surface area contributed by atoms with Gasteiger partial charge in [-0.2, -0.15) is 0 Å². The van der Waals surface area contributed by atoms with Crippen LogP contribution in [0.2, 0.25) is 0 Å². The molecule has 0 amide bonds. The summed E-state index contributed by atoms with van der Waals surface area (Å²) in [5, 5.41) is 3.52. The van der Waals surface area contributed by atoms with Crippen molar-refractivity contribution in [1.29, 1.82) is 0 Å². The van der Waals surface area contributed by atoms with E-state index < -0.39 is 9.84 Å². The molecule has 0 aliphatic heterocycles. The van der Waals surface area contributed by atoms with E-state index >= 15 is 0 Å². The van der Waals surface area contributed by atoms with Crippen LogP contribution in [0.1, 0.15) is 31.7 Å². The molecule has 0 aliphatic carbocycles. The molecule has 1 unspecified atom stereocenters. The van der Waals surface area contributed by atoms with Gasteiger partial charge in [0, 0.05) is 28.7 Å². The van der Waals surface area contributed by atoms with Crippen LogP contribution in [0.3, 0.4) is 0 Å². The normalized spacial score (nSPS) is 13.3. The first-order valence-electron chi connectivity index (χ1n) is 7.51. The van der Waals surface area contributed by atoms with Crippen LogP contribution in [0.25, 0.3) is 0 Å². The number of rotatable bonds is 10. The summed E-state index contributed by atoms with van der Waals surface area (Å²) in [7, 11) is -2.85. The number of hydrogen-bond acceptors (Lipinski definition) is 4.